The number of carbonyl (C=O) groups is 1. The van der Waals surface area contributed by atoms with Crippen LogP contribution in [0.5, 0.6) is 5.75 Å². The minimum Gasteiger partial charge on any atom is -0.487 e. The van der Waals surface area contributed by atoms with Crippen LogP contribution >= 0.6 is 11.7 Å². The lowest BCUT2D eigenvalue weighted by Gasteiger charge is -2.22. The molecule has 1 fully saturated rings. The minimum absolute atomic E-state index is 0.0367. The molecule has 11 heteroatoms. The molecule has 1 aliphatic heterocycles. The highest BCUT2D eigenvalue weighted by molar-refractivity contribution is 7.89. The molecule has 2 aromatic heterocycles. The predicted molar refractivity (Wildman–Crippen MR) is 102 cm³/mol. The van der Waals surface area contributed by atoms with Gasteiger partial charge in [-0.05, 0) is 24.3 Å². The van der Waals surface area contributed by atoms with E-state index in [1.807, 2.05) is 0 Å². The Labute approximate surface area is 165 Å². The van der Waals surface area contributed by atoms with Crippen molar-refractivity contribution in [2.24, 2.45) is 0 Å². The fraction of sp³-hybridized carbons (Fsp3) is 0.294. The van der Waals surface area contributed by atoms with Crippen LogP contribution in [0.4, 0.5) is 0 Å². The molecule has 1 aliphatic rings. The Morgan fingerprint density at radius 3 is 2.89 bits per heavy atom. The van der Waals surface area contributed by atoms with E-state index in [0.717, 1.165) is 11.7 Å². The SMILES string of the molecule is CNC(=O)[C@H]1C[C@H](Oc2cccnc2)CN1S(=O)(=O)c1cccc2nsnc12. The second kappa shape index (κ2) is 7.41. The zero-order valence-electron chi connectivity index (χ0n) is 14.8. The molecule has 4 rings (SSSR count). The van der Waals surface area contributed by atoms with Crippen LogP contribution in [0, 0.1) is 0 Å². The van der Waals surface area contributed by atoms with Crippen LogP contribution in [0.2, 0.25) is 0 Å². The molecule has 28 heavy (non-hydrogen) atoms. The fourth-order valence-electron chi connectivity index (χ4n) is 3.25. The molecule has 1 N–H and O–H groups in total. The molecular weight excluding hydrogens is 402 g/mol. The Hall–Kier alpha value is -2.63. The van der Waals surface area contributed by atoms with Gasteiger partial charge in [0.1, 0.15) is 33.8 Å². The van der Waals surface area contributed by atoms with Crippen LogP contribution < -0.4 is 10.1 Å². The standard InChI is InChI=1S/C17H17N5O4S2/c1-18-17(23)14-8-12(26-11-4-3-7-19-9-11)10-22(14)28(24,25)15-6-2-5-13-16(15)21-27-20-13/h2-7,9,12,14H,8,10H2,1H3,(H,18,23)/t12-,14+/m0/s1. The van der Waals surface area contributed by atoms with Crippen molar-refractivity contribution in [3.63, 3.8) is 0 Å². The molecular formula is C17H17N5O4S2. The number of amides is 1. The number of nitrogens with one attached hydrogen (secondary N) is 1. The van der Waals surface area contributed by atoms with E-state index in [-0.39, 0.29) is 23.8 Å². The van der Waals surface area contributed by atoms with Gasteiger partial charge in [-0.2, -0.15) is 13.1 Å². The second-order valence-corrected chi connectivity index (χ2v) is 8.64. The average molecular weight is 419 g/mol. The molecule has 0 spiro atoms. The van der Waals surface area contributed by atoms with Crippen molar-refractivity contribution in [1.29, 1.82) is 0 Å². The van der Waals surface area contributed by atoms with Gasteiger partial charge in [0.05, 0.1) is 24.5 Å². The highest BCUT2D eigenvalue weighted by Crippen LogP contribution is 2.31. The van der Waals surface area contributed by atoms with Gasteiger partial charge in [0.2, 0.25) is 15.9 Å². The highest BCUT2D eigenvalue weighted by atomic mass is 32.2. The summed E-state index contributed by atoms with van der Waals surface area (Å²) in [5.41, 5.74) is 0.810. The third kappa shape index (κ3) is 3.32. The molecule has 3 aromatic rings. The van der Waals surface area contributed by atoms with Crippen molar-refractivity contribution in [2.75, 3.05) is 13.6 Å². The summed E-state index contributed by atoms with van der Waals surface area (Å²) in [7, 11) is -2.50. The quantitative estimate of drug-likeness (QED) is 0.657. The molecule has 146 valence electrons. The zero-order chi connectivity index (χ0) is 19.7. The van der Waals surface area contributed by atoms with Crippen molar-refractivity contribution in [1.82, 2.24) is 23.4 Å². The number of aromatic nitrogens is 3. The maximum atomic E-state index is 13.4. The topological polar surface area (TPSA) is 114 Å². The van der Waals surface area contributed by atoms with Crippen molar-refractivity contribution < 1.29 is 17.9 Å². The average Bonchev–Trinajstić information content (AvgIpc) is 3.35. The maximum Gasteiger partial charge on any atom is 0.246 e. The van der Waals surface area contributed by atoms with Gasteiger partial charge in [-0.3, -0.25) is 9.78 Å². The van der Waals surface area contributed by atoms with Gasteiger partial charge in [-0.15, -0.1) is 0 Å². The van der Waals surface area contributed by atoms with Gasteiger partial charge < -0.3 is 10.1 Å². The number of nitrogens with zero attached hydrogens (tertiary/aromatic N) is 4. The van der Waals surface area contributed by atoms with Crippen LogP contribution in [-0.2, 0) is 14.8 Å². The molecule has 0 unspecified atom stereocenters. The number of ether oxygens (including phenoxy) is 1. The van der Waals surface area contributed by atoms with Crippen molar-refractivity contribution >= 4 is 38.7 Å². The van der Waals surface area contributed by atoms with Gasteiger partial charge in [0.25, 0.3) is 0 Å². The Balaban J connectivity index is 1.69. The second-order valence-electron chi connectivity index (χ2n) is 6.26. The van der Waals surface area contributed by atoms with Gasteiger partial charge >= 0.3 is 0 Å². The minimum atomic E-state index is -3.98. The van der Waals surface area contributed by atoms with Crippen molar-refractivity contribution in [2.45, 2.75) is 23.5 Å². The Morgan fingerprint density at radius 2 is 2.14 bits per heavy atom. The summed E-state index contributed by atoms with van der Waals surface area (Å²) in [5, 5.41) is 2.54. The Morgan fingerprint density at radius 1 is 1.29 bits per heavy atom. The van der Waals surface area contributed by atoms with E-state index in [2.05, 4.69) is 19.0 Å². The van der Waals surface area contributed by atoms with E-state index in [1.54, 1.807) is 36.7 Å². The number of hydrogen-bond acceptors (Lipinski definition) is 8. The Bertz CT molecular complexity index is 1100. The first-order valence-electron chi connectivity index (χ1n) is 8.52. The van der Waals surface area contributed by atoms with Crippen LogP contribution in [0.15, 0.2) is 47.6 Å². The smallest absolute Gasteiger partial charge is 0.246 e. The number of pyridine rings is 1. The number of benzene rings is 1. The van der Waals surface area contributed by atoms with Crippen molar-refractivity contribution in [3.8, 4) is 5.75 Å². The largest absolute Gasteiger partial charge is 0.487 e. The van der Waals surface area contributed by atoms with E-state index in [9.17, 15) is 13.2 Å². The summed E-state index contributed by atoms with van der Waals surface area (Å²) < 4.78 is 42.0. The first-order chi connectivity index (χ1) is 13.5. The van der Waals surface area contributed by atoms with Crippen LogP contribution in [0.25, 0.3) is 11.0 Å². The molecule has 9 nitrogen and oxygen atoms in total. The Kier molecular flexibility index (Phi) is 4.96. The van der Waals surface area contributed by atoms with Crippen LogP contribution in [0.1, 0.15) is 6.42 Å². The van der Waals surface area contributed by atoms with Gasteiger partial charge in [-0.25, -0.2) is 8.42 Å². The summed E-state index contributed by atoms with van der Waals surface area (Å²) in [6, 6.07) is 7.39. The van der Waals surface area contributed by atoms with E-state index in [1.165, 1.54) is 17.4 Å². The van der Waals surface area contributed by atoms with E-state index >= 15 is 0 Å². The number of likely N-dealkylation sites (N-methyl/N-ethyl adjacent to an activating group) is 1. The lowest BCUT2D eigenvalue weighted by atomic mass is 10.2. The van der Waals surface area contributed by atoms with Crippen LogP contribution in [0.3, 0.4) is 0 Å². The molecule has 0 aliphatic carbocycles. The summed E-state index contributed by atoms with van der Waals surface area (Å²) in [6.07, 6.45) is 2.93. The van der Waals surface area contributed by atoms with Gasteiger partial charge in [0.15, 0.2) is 0 Å². The summed E-state index contributed by atoms with van der Waals surface area (Å²) >= 11 is 0.946. The predicted octanol–water partition coefficient (Wildman–Crippen LogP) is 1.04. The first kappa shape index (κ1) is 18.7. The fourth-order valence-corrected chi connectivity index (χ4v) is 5.63. The molecule has 0 bridgehead atoms. The monoisotopic (exact) mass is 419 g/mol. The summed E-state index contributed by atoms with van der Waals surface area (Å²) in [5.74, 6) is 0.137. The third-order valence-corrected chi connectivity index (χ3v) is 6.99. The van der Waals surface area contributed by atoms with Gasteiger partial charge in [0, 0.05) is 19.7 Å². The highest BCUT2D eigenvalue weighted by Gasteiger charge is 2.45. The lowest BCUT2D eigenvalue weighted by Crippen LogP contribution is -2.44. The number of sulfonamides is 1. The van der Waals surface area contributed by atoms with E-state index < -0.39 is 22.2 Å². The van der Waals surface area contributed by atoms with E-state index in [4.69, 9.17) is 4.74 Å². The first-order valence-corrected chi connectivity index (χ1v) is 10.7. The molecule has 0 saturated carbocycles. The van der Waals surface area contributed by atoms with Crippen molar-refractivity contribution in [3.05, 3.63) is 42.7 Å². The molecule has 1 saturated heterocycles. The molecule has 0 radical (unpaired) electrons. The normalized spacial score (nSPS) is 20.3. The molecule has 2 atom stereocenters. The summed E-state index contributed by atoms with van der Waals surface area (Å²) in [6.45, 7) is 0.0449. The third-order valence-electron chi connectivity index (χ3n) is 4.54. The zero-order valence-corrected chi connectivity index (χ0v) is 16.5. The molecule has 3 heterocycles. The number of carbonyl (C=O) groups excluding carboxylic acids is 1. The molecule has 1 aromatic carbocycles. The number of fused-ring (bicyclic) bond motifs is 1. The summed E-state index contributed by atoms with van der Waals surface area (Å²) in [4.78, 5) is 16.4. The maximum absolute atomic E-state index is 13.4. The lowest BCUT2D eigenvalue weighted by molar-refractivity contribution is -0.123. The van der Waals surface area contributed by atoms with Crippen LogP contribution in [-0.4, -0.2) is 58.1 Å². The van der Waals surface area contributed by atoms with Gasteiger partial charge in [-0.1, -0.05) is 6.07 Å². The number of hydrogen-bond donors (Lipinski definition) is 1. The molecule has 1 amide bonds. The number of rotatable bonds is 5. The van der Waals surface area contributed by atoms with E-state index in [0.29, 0.717) is 16.8 Å².